The molecule has 0 spiro atoms. The molecule has 1 radical (unpaired) electrons. The average Bonchev–Trinajstić information content (AvgIpc) is 3.24. The van der Waals surface area contributed by atoms with Crippen LogP contribution in [0.15, 0.2) is 158 Å². The zero-order chi connectivity index (χ0) is 38.6. The molecule has 1 amide bonds. The first-order valence-electron chi connectivity index (χ1n) is 17.8. The van der Waals surface area contributed by atoms with Gasteiger partial charge in [-0.15, -0.1) is 0 Å². The van der Waals surface area contributed by atoms with Gasteiger partial charge in [0.1, 0.15) is 24.7 Å². The van der Waals surface area contributed by atoms with Crippen molar-refractivity contribution in [3.05, 3.63) is 197 Å². The minimum absolute atomic E-state index is 0.00638. The van der Waals surface area contributed by atoms with Crippen molar-refractivity contribution in [3.63, 3.8) is 0 Å². The lowest BCUT2D eigenvalue weighted by Crippen LogP contribution is -2.18. The number of ether oxygens (including phenoxy) is 2. The van der Waals surface area contributed by atoms with Crippen molar-refractivity contribution < 1.29 is 33.8 Å². The molecule has 8 rings (SSSR count). The van der Waals surface area contributed by atoms with E-state index in [-0.39, 0.29) is 63.6 Å². The van der Waals surface area contributed by atoms with Crippen LogP contribution in [0.25, 0.3) is 32.3 Å². The SMILES string of the molecule is O=[C]c1c(OCc2ccccc2)c(C(=O)c2cc3ccccc3cc2NC(=O)OCc2ccccc2)c2ccccc2c1C(=O)c1cc2ccccc2cc1O. The van der Waals surface area contributed by atoms with Crippen LogP contribution in [0.4, 0.5) is 10.5 Å². The van der Waals surface area contributed by atoms with E-state index in [4.69, 9.17) is 9.47 Å². The summed E-state index contributed by atoms with van der Waals surface area (Å²) in [6.07, 6.45) is 1.16. The lowest BCUT2D eigenvalue weighted by molar-refractivity contribution is 0.102. The Morgan fingerprint density at radius 3 is 1.64 bits per heavy atom. The Kier molecular flexibility index (Phi) is 9.76. The first-order valence-corrected chi connectivity index (χ1v) is 17.8. The summed E-state index contributed by atoms with van der Waals surface area (Å²) in [7, 11) is 0. The predicted molar refractivity (Wildman–Crippen MR) is 216 cm³/mol. The molecule has 56 heavy (non-hydrogen) atoms. The highest BCUT2D eigenvalue weighted by Gasteiger charge is 2.31. The molecule has 0 aliphatic carbocycles. The number of carbonyl (C=O) groups is 3. The summed E-state index contributed by atoms with van der Waals surface area (Å²) in [5, 5.41) is 17.4. The van der Waals surface area contributed by atoms with Gasteiger partial charge in [-0.3, -0.25) is 19.7 Å². The van der Waals surface area contributed by atoms with Gasteiger partial charge in [0.15, 0.2) is 11.6 Å². The molecule has 0 saturated heterocycles. The van der Waals surface area contributed by atoms with Gasteiger partial charge >= 0.3 is 6.09 Å². The highest BCUT2D eigenvalue weighted by atomic mass is 16.5. The van der Waals surface area contributed by atoms with Crippen LogP contribution in [0.1, 0.15) is 48.5 Å². The normalized spacial score (nSPS) is 11.0. The number of anilines is 1. The highest BCUT2D eigenvalue weighted by molar-refractivity contribution is 6.29. The summed E-state index contributed by atoms with van der Waals surface area (Å²) in [6, 6.07) is 46.2. The number of carbonyl (C=O) groups excluding carboxylic acids is 4. The second-order valence-corrected chi connectivity index (χ2v) is 13.2. The summed E-state index contributed by atoms with van der Waals surface area (Å²) in [5.41, 5.74) is 1.39. The summed E-state index contributed by atoms with van der Waals surface area (Å²) in [4.78, 5) is 56.3. The van der Waals surface area contributed by atoms with Gasteiger partial charge in [-0.25, -0.2) is 4.79 Å². The van der Waals surface area contributed by atoms with E-state index in [1.807, 2.05) is 115 Å². The number of fused-ring (bicyclic) bond motifs is 3. The molecule has 0 fully saturated rings. The number of aromatic hydroxyl groups is 1. The maximum Gasteiger partial charge on any atom is 0.411 e. The number of amides is 1. The van der Waals surface area contributed by atoms with Gasteiger partial charge in [-0.1, -0.05) is 133 Å². The number of hydrogen-bond donors (Lipinski definition) is 2. The largest absolute Gasteiger partial charge is 0.507 e. The van der Waals surface area contributed by atoms with E-state index >= 15 is 4.79 Å². The van der Waals surface area contributed by atoms with E-state index in [0.717, 1.165) is 27.3 Å². The summed E-state index contributed by atoms with van der Waals surface area (Å²) in [6.45, 7) is -0.0515. The van der Waals surface area contributed by atoms with Gasteiger partial charge in [-0.2, -0.15) is 0 Å². The first-order chi connectivity index (χ1) is 27.4. The number of phenolic OH excluding ortho intramolecular Hbond substituents is 1. The number of nitrogens with one attached hydrogen (secondary N) is 1. The van der Waals surface area contributed by atoms with Gasteiger partial charge in [0.25, 0.3) is 0 Å². The fraction of sp³-hybridized carbons (Fsp3) is 0.0417. The molecule has 8 heteroatoms. The van der Waals surface area contributed by atoms with Crippen LogP contribution in [0, 0.1) is 0 Å². The van der Waals surface area contributed by atoms with E-state index in [2.05, 4.69) is 5.32 Å². The standard InChI is InChI=1S/C48H32NO7/c50-27-40-43(46(53)39-24-33-18-8-10-20-35(33)26-42(39)51)36-21-11-12-22-37(36)44(47(40)55-28-30-13-3-1-4-14-30)45(52)38-23-32-17-7-9-19-34(32)25-41(38)49-48(54)56-29-31-15-5-2-6-16-31/h1-26,51H,28-29H2,(H,49,54). The number of hydrogen-bond acceptors (Lipinski definition) is 7. The van der Waals surface area contributed by atoms with E-state index < -0.39 is 17.7 Å². The number of ketones is 2. The second-order valence-electron chi connectivity index (χ2n) is 13.2. The lowest BCUT2D eigenvalue weighted by atomic mass is 9.85. The maximum atomic E-state index is 15.2. The number of rotatable bonds is 11. The van der Waals surface area contributed by atoms with Crippen molar-refractivity contribution in [3.8, 4) is 11.5 Å². The zero-order valence-corrected chi connectivity index (χ0v) is 29.8. The summed E-state index contributed by atoms with van der Waals surface area (Å²) in [5.74, 6) is -1.67. The molecular weight excluding hydrogens is 703 g/mol. The Morgan fingerprint density at radius 1 is 0.554 bits per heavy atom. The molecule has 0 saturated carbocycles. The Labute approximate surface area is 321 Å². The van der Waals surface area contributed by atoms with Crippen molar-refractivity contribution in [1.29, 1.82) is 0 Å². The molecule has 0 heterocycles. The Bertz CT molecular complexity index is 2810. The van der Waals surface area contributed by atoms with Crippen LogP contribution in [0.2, 0.25) is 0 Å². The monoisotopic (exact) mass is 734 g/mol. The molecule has 0 bridgehead atoms. The van der Waals surface area contributed by atoms with Crippen LogP contribution >= 0.6 is 0 Å². The minimum atomic E-state index is -0.776. The minimum Gasteiger partial charge on any atom is -0.507 e. The molecule has 0 atom stereocenters. The van der Waals surface area contributed by atoms with Crippen LogP contribution in [0.3, 0.4) is 0 Å². The van der Waals surface area contributed by atoms with Crippen molar-refractivity contribution in [2.45, 2.75) is 13.2 Å². The fourth-order valence-corrected chi connectivity index (χ4v) is 6.93. The molecule has 8 aromatic rings. The topological polar surface area (TPSA) is 119 Å². The summed E-state index contributed by atoms with van der Waals surface area (Å²) < 4.78 is 11.9. The smallest absolute Gasteiger partial charge is 0.411 e. The van der Waals surface area contributed by atoms with E-state index in [1.165, 1.54) is 6.07 Å². The Balaban J connectivity index is 1.31. The van der Waals surface area contributed by atoms with Crippen LogP contribution in [0.5, 0.6) is 11.5 Å². The molecule has 0 aliphatic heterocycles. The van der Waals surface area contributed by atoms with Crippen LogP contribution in [-0.2, 0) is 22.7 Å². The third-order valence-corrected chi connectivity index (χ3v) is 9.64. The molecule has 0 aromatic heterocycles. The Morgan fingerprint density at radius 2 is 1.04 bits per heavy atom. The molecule has 2 N–H and O–H groups in total. The number of benzene rings is 8. The second kappa shape index (κ2) is 15.4. The van der Waals surface area contributed by atoms with E-state index in [9.17, 15) is 19.5 Å². The molecule has 8 nitrogen and oxygen atoms in total. The molecule has 0 aliphatic rings. The van der Waals surface area contributed by atoms with Crippen molar-refractivity contribution in [1.82, 2.24) is 0 Å². The predicted octanol–water partition coefficient (Wildman–Crippen LogP) is 10.1. The zero-order valence-electron chi connectivity index (χ0n) is 29.8. The van der Waals surface area contributed by atoms with E-state index in [1.54, 1.807) is 42.5 Å². The van der Waals surface area contributed by atoms with Gasteiger partial charge in [0, 0.05) is 11.1 Å². The van der Waals surface area contributed by atoms with Crippen molar-refractivity contribution in [2.24, 2.45) is 0 Å². The molecular formula is C48H32NO7. The molecule has 271 valence electrons. The van der Waals surface area contributed by atoms with Gasteiger partial charge in [-0.05, 0) is 67.7 Å². The van der Waals surface area contributed by atoms with E-state index in [0.29, 0.717) is 10.8 Å². The average molecular weight is 735 g/mol. The number of phenols is 1. The third kappa shape index (κ3) is 6.95. The highest BCUT2D eigenvalue weighted by Crippen LogP contribution is 2.41. The van der Waals surface area contributed by atoms with Gasteiger partial charge in [0.05, 0.1) is 22.4 Å². The van der Waals surface area contributed by atoms with Crippen molar-refractivity contribution >= 4 is 62.0 Å². The maximum absolute atomic E-state index is 15.2. The fourth-order valence-electron chi connectivity index (χ4n) is 6.93. The lowest BCUT2D eigenvalue weighted by Gasteiger charge is -2.21. The quantitative estimate of drug-likeness (QED) is 0.127. The summed E-state index contributed by atoms with van der Waals surface area (Å²) >= 11 is 0. The van der Waals surface area contributed by atoms with Crippen LogP contribution < -0.4 is 10.1 Å². The van der Waals surface area contributed by atoms with Crippen LogP contribution in [-0.4, -0.2) is 29.1 Å². The third-order valence-electron chi connectivity index (χ3n) is 9.64. The van der Waals surface area contributed by atoms with Gasteiger partial charge < -0.3 is 14.6 Å². The van der Waals surface area contributed by atoms with Crippen molar-refractivity contribution in [2.75, 3.05) is 5.32 Å². The molecule has 8 aromatic carbocycles. The first kappa shape index (κ1) is 35.4. The Hall–Kier alpha value is -7.58. The van der Waals surface area contributed by atoms with Gasteiger partial charge in [0.2, 0.25) is 6.29 Å². The molecule has 0 unspecified atom stereocenters.